The molecule has 0 radical (unpaired) electrons. The van der Waals surface area contributed by atoms with Crippen molar-refractivity contribution in [3.05, 3.63) is 0 Å². The number of oxime groups is 1. The first kappa shape index (κ1) is 9.04. The predicted octanol–water partition coefficient (Wildman–Crippen LogP) is 2.98. The van der Waals surface area contributed by atoms with Crippen LogP contribution in [0.1, 0.15) is 44.9 Å². The lowest BCUT2D eigenvalue weighted by molar-refractivity contribution is -0.0438. The van der Waals surface area contributed by atoms with Gasteiger partial charge in [0.2, 0.25) is 0 Å². The molecule has 0 N–H and O–H groups in total. The zero-order chi connectivity index (χ0) is 9.10. The Morgan fingerprint density at radius 3 is 2.62 bits per heavy atom. The Morgan fingerprint density at radius 1 is 1.00 bits per heavy atom. The normalized spacial score (nSPS) is 39.2. The highest BCUT2D eigenvalue weighted by Gasteiger charge is 2.36. The topological polar surface area (TPSA) is 21.6 Å². The Bertz CT molecular complexity index is 179. The number of fused-ring (bicyclic) bond motifs is 1. The minimum Gasteiger partial charge on any atom is -0.393 e. The van der Waals surface area contributed by atoms with Crippen LogP contribution in [0.4, 0.5) is 0 Å². The molecular weight excluding hydrogens is 162 g/mol. The zero-order valence-corrected chi connectivity index (χ0v) is 8.24. The molecule has 74 valence electrons. The van der Waals surface area contributed by atoms with E-state index in [0.717, 1.165) is 11.8 Å². The Hall–Kier alpha value is -0.530. The van der Waals surface area contributed by atoms with Crippen LogP contribution in [-0.4, -0.2) is 12.8 Å². The molecule has 0 aromatic carbocycles. The number of rotatable bonds is 2. The summed E-state index contributed by atoms with van der Waals surface area (Å²) in [5.41, 5.74) is 0. The summed E-state index contributed by atoms with van der Waals surface area (Å²) in [6, 6.07) is 0. The second-order valence-electron chi connectivity index (χ2n) is 4.41. The van der Waals surface area contributed by atoms with Crippen molar-refractivity contribution >= 4 is 6.72 Å². The summed E-state index contributed by atoms with van der Waals surface area (Å²) in [6.07, 6.45) is 9.90. The fraction of sp³-hybridized carbons (Fsp3) is 0.909. The van der Waals surface area contributed by atoms with E-state index in [1.807, 2.05) is 0 Å². The van der Waals surface area contributed by atoms with Crippen LogP contribution in [-0.2, 0) is 4.84 Å². The molecule has 2 rings (SSSR count). The Labute approximate surface area is 80.3 Å². The molecule has 2 fully saturated rings. The van der Waals surface area contributed by atoms with Crippen molar-refractivity contribution < 1.29 is 4.84 Å². The van der Waals surface area contributed by atoms with Crippen molar-refractivity contribution in [2.45, 2.75) is 51.0 Å². The van der Waals surface area contributed by atoms with E-state index in [9.17, 15) is 0 Å². The van der Waals surface area contributed by atoms with Gasteiger partial charge in [0.1, 0.15) is 6.10 Å². The SMILES string of the molecule is C=NOC1CCCC2CCCCC21. The highest BCUT2D eigenvalue weighted by Crippen LogP contribution is 2.41. The summed E-state index contributed by atoms with van der Waals surface area (Å²) in [4.78, 5) is 5.37. The van der Waals surface area contributed by atoms with Crippen molar-refractivity contribution in [2.24, 2.45) is 17.0 Å². The van der Waals surface area contributed by atoms with Crippen molar-refractivity contribution in [1.82, 2.24) is 0 Å². The molecule has 2 aliphatic carbocycles. The molecule has 0 bridgehead atoms. The third-order valence-electron chi connectivity index (χ3n) is 3.72. The van der Waals surface area contributed by atoms with Gasteiger partial charge < -0.3 is 4.84 Å². The van der Waals surface area contributed by atoms with Gasteiger partial charge in [-0.15, -0.1) is 5.16 Å². The summed E-state index contributed by atoms with van der Waals surface area (Å²) in [6.45, 7) is 3.42. The molecule has 0 heterocycles. The van der Waals surface area contributed by atoms with E-state index in [1.165, 1.54) is 44.9 Å². The second kappa shape index (κ2) is 4.12. The molecule has 2 saturated carbocycles. The van der Waals surface area contributed by atoms with Crippen molar-refractivity contribution in [2.75, 3.05) is 0 Å². The minimum atomic E-state index is 0.386. The molecule has 2 heteroatoms. The van der Waals surface area contributed by atoms with Crippen LogP contribution in [0.5, 0.6) is 0 Å². The fourth-order valence-electron chi connectivity index (χ4n) is 3.11. The molecule has 3 atom stereocenters. The van der Waals surface area contributed by atoms with Crippen molar-refractivity contribution in [3.8, 4) is 0 Å². The number of nitrogens with zero attached hydrogens (tertiary/aromatic N) is 1. The van der Waals surface area contributed by atoms with Gasteiger partial charge in [0.05, 0.1) is 0 Å². The van der Waals surface area contributed by atoms with Gasteiger partial charge in [0.25, 0.3) is 0 Å². The third kappa shape index (κ3) is 1.87. The van der Waals surface area contributed by atoms with Gasteiger partial charge in [-0.3, -0.25) is 0 Å². The van der Waals surface area contributed by atoms with Crippen LogP contribution in [0, 0.1) is 11.8 Å². The van der Waals surface area contributed by atoms with Crippen LogP contribution in [0.3, 0.4) is 0 Å². The Kier molecular flexibility index (Phi) is 2.87. The highest BCUT2D eigenvalue weighted by atomic mass is 16.6. The second-order valence-corrected chi connectivity index (χ2v) is 4.41. The third-order valence-corrected chi connectivity index (χ3v) is 3.72. The molecule has 0 aromatic rings. The van der Waals surface area contributed by atoms with Crippen LogP contribution >= 0.6 is 0 Å². The summed E-state index contributed by atoms with van der Waals surface area (Å²) in [5.74, 6) is 1.71. The first-order valence-corrected chi connectivity index (χ1v) is 5.53. The van der Waals surface area contributed by atoms with E-state index in [1.54, 1.807) is 0 Å². The Morgan fingerprint density at radius 2 is 1.77 bits per heavy atom. The molecule has 0 saturated heterocycles. The van der Waals surface area contributed by atoms with Crippen LogP contribution in [0.25, 0.3) is 0 Å². The number of hydrogen-bond donors (Lipinski definition) is 0. The monoisotopic (exact) mass is 181 g/mol. The molecule has 0 aromatic heterocycles. The number of hydrogen-bond acceptors (Lipinski definition) is 2. The summed E-state index contributed by atoms with van der Waals surface area (Å²) in [7, 11) is 0. The predicted molar refractivity (Wildman–Crippen MR) is 53.7 cm³/mol. The van der Waals surface area contributed by atoms with Gasteiger partial charge in [-0.2, -0.15) is 0 Å². The van der Waals surface area contributed by atoms with Crippen molar-refractivity contribution in [1.29, 1.82) is 0 Å². The van der Waals surface area contributed by atoms with Gasteiger partial charge in [-0.25, -0.2) is 0 Å². The molecular formula is C11H19NO. The molecule has 2 nitrogen and oxygen atoms in total. The van der Waals surface area contributed by atoms with Gasteiger partial charge in [-0.05, 0) is 31.6 Å². The smallest absolute Gasteiger partial charge is 0.130 e. The largest absolute Gasteiger partial charge is 0.393 e. The highest BCUT2D eigenvalue weighted by molar-refractivity contribution is 5.21. The molecule has 0 spiro atoms. The first-order valence-electron chi connectivity index (χ1n) is 5.53. The average Bonchev–Trinajstić information content (AvgIpc) is 2.19. The fourth-order valence-corrected chi connectivity index (χ4v) is 3.11. The first-order chi connectivity index (χ1) is 6.42. The van der Waals surface area contributed by atoms with E-state index in [4.69, 9.17) is 4.84 Å². The van der Waals surface area contributed by atoms with E-state index in [0.29, 0.717) is 6.10 Å². The maximum absolute atomic E-state index is 5.37. The quantitative estimate of drug-likeness (QED) is 0.474. The Balaban J connectivity index is 1.98. The maximum Gasteiger partial charge on any atom is 0.130 e. The molecule has 13 heavy (non-hydrogen) atoms. The van der Waals surface area contributed by atoms with Gasteiger partial charge in [0.15, 0.2) is 0 Å². The lowest BCUT2D eigenvalue weighted by Crippen LogP contribution is -2.35. The molecule has 0 aliphatic heterocycles. The molecule has 2 aliphatic rings. The van der Waals surface area contributed by atoms with Crippen molar-refractivity contribution in [3.63, 3.8) is 0 Å². The van der Waals surface area contributed by atoms with E-state index in [-0.39, 0.29) is 0 Å². The van der Waals surface area contributed by atoms with Crippen LogP contribution in [0.2, 0.25) is 0 Å². The summed E-state index contributed by atoms with van der Waals surface area (Å²) < 4.78 is 0. The zero-order valence-electron chi connectivity index (χ0n) is 8.24. The average molecular weight is 181 g/mol. The minimum absolute atomic E-state index is 0.386. The van der Waals surface area contributed by atoms with E-state index in [2.05, 4.69) is 11.9 Å². The van der Waals surface area contributed by atoms with Crippen LogP contribution in [0.15, 0.2) is 5.16 Å². The van der Waals surface area contributed by atoms with E-state index >= 15 is 0 Å². The van der Waals surface area contributed by atoms with Gasteiger partial charge >= 0.3 is 0 Å². The van der Waals surface area contributed by atoms with E-state index < -0.39 is 0 Å². The van der Waals surface area contributed by atoms with Gasteiger partial charge in [0, 0.05) is 12.6 Å². The maximum atomic E-state index is 5.37. The van der Waals surface area contributed by atoms with Crippen LogP contribution < -0.4 is 0 Å². The standard InChI is InChI=1S/C11H19NO/c1-12-13-11-8-4-6-9-5-2-3-7-10(9)11/h9-11H,1-8H2. The van der Waals surface area contributed by atoms with Gasteiger partial charge in [-0.1, -0.05) is 19.3 Å². The lowest BCUT2D eigenvalue weighted by atomic mass is 9.69. The molecule has 3 unspecified atom stereocenters. The summed E-state index contributed by atoms with van der Waals surface area (Å²) in [5, 5.41) is 3.60. The lowest BCUT2D eigenvalue weighted by Gasteiger charge is -2.39. The summed E-state index contributed by atoms with van der Waals surface area (Å²) >= 11 is 0. The molecule has 0 amide bonds.